The summed E-state index contributed by atoms with van der Waals surface area (Å²) < 4.78 is 36.8. The van der Waals surface area contributed by atoms with Crippen molar-refractivity contribution in [3.05, 3.63) is 41.5 Å². The van der Waals surface area contributed by atoms with E-state index >= 15 is 0 Å². The molecule has 0 aliphatic heterocycles. The van der Waals surface area contributed by atoms with E-state index in [1.165, 1.54) is 24.3 Å². The standard InChI is InChI=1S/C13H13F3O/c1-9(2)12(17)8-5-10-3-6-11(7-4-10)13(14,15)16/h3-9H,1-2H3. The van der Waals surface area contributed by atoms with Gasteiger partial charge in [0.05, 0.1) is 5.56 Å². The molecule has 0 bridgehead atoms. The lowest BCUT2D eigenvalue weighted by Gasteiger charge is -2.05. The second-order valence-corrected chi connectivity index (χ2v) is 4.01. The number of benzene rings is 1. The van der Waals surface area contributed by atoms with E-state index in [9.17, 15) is 18.0 Å². The largest absolute Gasteiger partial charge is 0.416 e. The van der Waals surface area contributed by atoms with Crippen LogP contribution in [0.3, 0.4) is 0 Å². The van der Waals surface area contributed by atoms with Crippen LogP contribution < -0.4 is 0 Å². The lowest BCUT2D eigenvalue weighted by Crippen LogP contribution is -2.04. The first-order chi connectivity index (χ1) is 7.80. The number of rotatable bonds is 3. The molecule has 1 rings (SSSR count). The summed E-state index contributed by atoms with van der Waals surface area (Å²) in [6.07, 6.45) is -1.42. The van der Waals surface area contributed by atoms with Crippen molar-refractivity contribution in [2.45, 2.75) is 20.0 Å². The number of carbonyl (C=O) groups excluding carboxylic acids is 1. The summed E-state index contributed by atoms with van der Waals surface area (Å²) in [6, 6.07) is 4.68. The van der Waals surface area contributed by atoms with Crippen molar-refractivity contribution in [3.63, 3.8) is 0 Å². The monoisotopic (exact) mass is 242 g/mol. The molecule has 0 N–H and O–H groups in total. The van der Waals surface area contributed by atoms with Gasteiger partial charge < -0.3 is 0 Å². The predicted molar refractivity (Wildman–Crippen MR) is 60.3 cm³/mol. The van der Waals surface area contributed by atoms with Crippen LogP contribution in [0, 0.1) is 5.92 Å². The summed E-state index contributed by atoms with van der Waals surface area (Å²) in [4.78, 5) is 11.3. The van der Waals surface area contributed by atoms with E-state index in [1.807, 2.05) is 0 Å². The number of allylic oxidation sites excluding steroid dienone is 1. The molecule has 0 saturated carbocycles. The van der Waals surface area contributed by atoms with Gasteiger partial charge in [0.25, 0.3) is 0 Å². The van der Waals surface area contributed by atoms with Gasteiger partial charge in [-0.3, -0.25) is 4.79 Å². The van der Waals surface area contributed by atoms with Crippen molar-refractivity contribution < 1.29 is 18.0 Å². The summed E-state index contributed by atoms with van der Waals surface area (Å²) in [7, 11) is 0. The fourth-order valence-corrected chi connectivity index (χ4v) is 1.15. The Hall–Kier alpha value is -1.58. The van der Waals surface area contributed by atoms with E-state index in [-0.39, 0.29) is 11.7 Å². The van der Waals surface area contributed by atoms with Crippen LogP contribution in [0.5, 0.6) is 0 Å². The summed E-state index contributed by atoms with van der Waals surface area (Å²) in [5.74, 6) is -0.161. The molecule has 17 heavy (non-hydrogen) atoms. The van der Waals surface area contributed by atoms with Gasteiger partial charge in [-0.15, -0.1) is 0 Å². The van der Waals surface area contributed by atoms with Gasteiger partial charge in [0, 0.05) is 5.92 Å². The van der Waals surface area contributed by atoms with Crippen LogP contribution in [0.1, 0.15) is 25.0 Å². The molecule has 0 atom stereocenters. The molecule has 0 heterocycles. The Labute approximate surface area is 98.0 Å². The first-order valence-corrected chi connectivity index (χ1v) is 5.20. The maximum absolute atomic E-state index is 12.3. The predicted octanol–water partition coefficient (Wildman–Crippen LogP) is 3.94. The van der Waals surface area contributed by atoms with Crippen molar-refractivity contribution in [1.82, 2.24) is 0 Å². The number of halogens is 3. The normalized spacial score (nSPS) is 12.4. The van der Waals surface area contributed by atoms with Crippen LogP contribution in [0.15, 0.2) is 30.3 Å². The van der Waals surface area contributed by atoms with E-state index in [0.717, 1.165) is 12.1 Å². The zero-order chi connectivity index (χ0) is 13.1. The minimum absolute atomic E-state index is 0.0510. The van der Waals surface area contributed by atoms with Crippen molar-refractivity contribution in [1.29, 1.82) is 0 Å². The molecule has 0 aliphatic rings. The molecule has 0 unspecified atom stereocenters. The molecule has 0 fully saturated rings. The van der Waals surface area contributed by atoms with E-state index in [4.69, 9.17) is 0 Å². The number of alkyl halides is 3. The lowest BCUT2D eigenvalue weighted by atomic mass is 10.1. The molecule has 0 aliphatic carbocycles. The molecular formula is C13H13F3O. The summed E-state index contributed by atoms with van der Waals surface area (Å²) >= 11 is 0. The Morgan fingerprint density at radius 3 is 2.12 bits per heavy atom. The topological polar surface area (TPSA) is 17.1 Å². The molecule has 0 aromatic heterocycles. The molecule has 0 spiro atoms. The fourth-order valence-electron chi connectivity index (χ4n) is 1.15. The molecule has 1 nitrogen and oxygen atoms in total. The number of carbonyl (C=O) groups is 1. The molecule has 0 radical (unpaired) electrons. The fraction of sp³-hybridized carbons (Fsp3) is 0.308. The van der Waals surface area contributed by atoms with Crippen molar-refractivity contribution in [2.75, 3.05) is 0 Å². The van der Waals surface area contributed by atoms with Crippen molar-refractivity contribution in [2.24, 2.45) is 5.92 Å². The second-order valence-electron chi connectivity index (χ2n) is 4.01. The lowest BCUT2D eigenvalue weighted by molar-refractivity contribution is -0.137. The Kier molecular flexibility index (Phi) is 4.10. The van der Waals surface area contributed by atoms with Gasteiger partial charge in [-0.25, -0.2) is 0 Å². The Bertz CT molecular complexity index is 413. The third-order valence-electron chi connectivity index (χ3n) is 2.25. The Morgan fingerprint density at radius 1 is 1.18 bits per heavy atom. The van der Waals surface area contributed by atoms with Crippen molar-refractivity contribution >= 4 is 11.9 Å². The summed E-state index contributed by atoms with van der Waals surface area (Å²) in [5.41, 5.74) is -0.114. The maximum atomic E-state index is 12.3. The van der Waals surface area contributed by atoms with E-state index in [2.05, 4.69) is 0 Å². The molecule has 1 aromatic carbocycles. The van der Waals surface area contributed by atoms with Crippen LogP contribution in [0.4, 0.5) is 13.2 Å². The third-order valence-corrected chi connectivity index (χ3v) is 2.25. The Morgan fingerprint density at radius 2 is 1.71 bits per heavy atom. The van der Waals surface area contributed by atoms with Gasteiger partial charge in [0.1, 0.15) is 0 Å². The zero-order valence-corrected chi connectivity index (χ0v) is 9.58. The third kappa shape index (κ3) is 4.06. The van der Waals surface area contributed by atoms with Gasteiger partial charge in [-0.05, 0) is 23.8 Å². The molecule has 4 heteroatoms. The quantitative estimate of drug-likeness (QED) is 0.733. The number of hydrogen-bond donors (Lipinski definition) is 0. The highest BCUT2D eigenvalue weighted by molar-refractivity contribution is 5.94. The molecular weight excluding hydrogens is 229 g/mol. The van der Waals surface area contributed by atoms with Crippen LogP contribution in [0.2, 0.25) is 0 Å². The summed E-state index contributed by atoms with van der Waals surface area (Å²) in [5, 5.41) is 0. The molecule has 92 valence electrons. The highest BCUT2D eigenvalue weighted by Gasteiger charge is 2.29. The number of hydrogen-bond acceptors (Lipinski definition) is 1. The molecule has 0 amide bonds. The minimum atomic E-state index is -4.32. The van der Waals surface area contributed by atoms with Gasteiger partial charge in [-0.2, -0.15) is 13.2 Å². The van der Waals surface area contributed by atoms with Crippen LogP contribution >= 0.6 is 0 Å². The average molecular weight is 242 g/mol. The number of ketones is 1. The maximum Gasteiger partial charge on any atom is 0.416 e. The van der Waals surface area contributed by atoms with E-state index < -0.39 is 11.7 Å². The van der Waals surface area contributed by atoms with Gasteiger partial charge >= 0.3 is 6.18 Å². The minimum Gasteiger partial charge on any atom is -0.295 e. The first kappa shape index (κ1) is 13.5. The highest BCUT2D eigenvalue weighted by Crippen LogP contribution is 2.29. The van der Waals surface area contributed by atoms with E-state index in [0.29, 0.717) is 5.56 Å². The first-order valence-electron chi connectivity index (χ1n) is 5.20. The molecule has 0 saturated heterocycles. The Balaban J connectivity index is 2.79. The van der Waals surface area contributed by atoms with Gasteiger partial charge in [0.15, 0.2) is 5.78 Å². The average Bonchev–Trinajstić information content (AvgIpc) is 2.25. The van der Waals surface area contributed by atoms with Gasteiger partial charge in [-0.1, -0.05) is 32.1 Å². The second kappa shape index (κ2) is 5.17. The smallest absolute Gasteiger partial charge is 0.295 e. The molecule has 1 aromatic rings. The van der Waals surface area contributed by atoms with Crippen molar-refractivity contribution in [3.8, 4) is 0 Å². The zero-order valence-electron chi connectivity index (χ0n) is 9.58. The SMILES string of the molecule is CC(C)C(=O)C=Cc1ccc(C(F)(F)F)cc1. The van der Waals surface area contributed by atoms with Crippen LogP contribution in [-0.2, 0) is 11.0 Å². The van der Waals surface area contributed by atoms with Crippen LogP contribution in [0.25, 0.3) is 6.08 Å². The highest BCUT2D eigenvalue weighted by atomic mass is 19.4. The summed E-state index contributed by atoms with van der Waals surface area (Å²) in [6.45, 7) is 3.53. The van der Waals surface area contributed by atoms with E-state index in [1.54, 1.807) is 13.8 Å². The van der Waals surface area contributed by atoms with Crippen LogP contribution in [-0.4, -0.2) is 5.78 Å². The van der Waals surface area contributed by atoms with Gasteiger partial charge in [0.2, 0.25) is 0 Å².